The van der Waals surface area contributed by atoms with E-state index in [9.17, 15) is 10.1 Å². The normalized spacial score (nSPS) is 10.3. The molecule has 5 nitrogen and oxygen atoms in total. The summed E-state index contributed by atoms with van der Waals surface area (Å²) >= 11 is 0. The molecule has 0 heterocycles. The SMILES string of the molecule is O=[N+]([O-])c1ccccc1CCOc1ccccc1CCO. The Bertz CT molecular complexity index is 613. The summed E-state index contributed by atoms with van der Waals surface area (Å²) in [6.45, 7) is 0.415. The molecule has 0 aromatic heterocycles. The monoisotopic (exact) mass is 287 g/mol. The zero-order chi connectivity index (χ0) is 15.1. The molecule has 0 radical (unpaired) electrons. The van der Waals surface area contributed by atoms with Gasteiger partial charge in [0.25, 0.3) is 5.69 Å². The van der Waals surface area contributed by atoms with Gasteiger partial charge in [-0.05, 0) is 18.1 Å². The second-order valence-electron chi connectivity index (χ2n) is 4.57. The molecule has 1 N–H and O–H groups in total. The van der Waals surface area contributed by atoms with E-state index in [1.807, 2.05) is 24.3 Å². The standard InChI is InChI=1S/C16H17NO4/c18-11-9-14-6-2-4-8-16(14)21-12-10-13-5-1-3-7-15(13)17(19)20/h1-8,18H,9-12H2. The Balaban J connectivity index is 2.01. The highest BCUT2D eigenvalue weighted by atomic mass is 16.6. The van der Waals surface area contributed by atoms with Crippen molar-refractivity contribution in [1.82, 2.24) is 0 Å². The van der Waals surface area contributed by atoms with Gasteiger partial charge in [0.05, 0.1) is 11.5 Å². The second-order valence-corrected chi connectivity index (χ2v) is 4.57. The number of aliphatic hydroxyl groups excluding tert-OH is 1. The predicted octanol–water partition coefficient (Wildman–Crippen LogP) is 2.75. The van der Waals surface area contributed by atoms with Crippen LogP contribution in [0.5, 0.6) is 5.75 Å². The second kappa shape index (κ2) is 7.40. The van der Waals surface area contributed by atoms with Crippen LogP contribution in [-0.2, 0) is 12.8 Å². The van der Waals surface area contributed by atoms with Gasteiger partial charge in [0.2, 0.25) is 0 Å². The molecule has 5 heteroatoms. The van der Waals surface area contributed by atoms with Crippen LogP contribution in [-0.4, -0.2) is 23.2 Å². The van der Waals surface area contributed by atoms with Gasteiger partial charge in [-0.1, -0.05) is 36.4 Å². The van der Waals surface area contributed by atoms with Crippen molar-refractivity contribution in [3.63, 3.8) is 0 Å². The lowest BCUT2D eigenvalue weighted by Gasteiger charge is -2.10. The van der Waals surface area contributed by atoms with Crippen LogP contribution in [0.1, 0.15) is 11.1 Å². The summed E-state index contributed by atoms with van der Waals surface area (Å²) in [5, 5.41) is 19.9. The van der Waals surface area contributed by atoms with Crippen molar-refractivity contribution in [3.05, 3.63) is 69.8 Å². The van der Waals surface area contributed by atoms with Crippen LogP contribution in [0.4, 0.5) is 5.69 Å². The fraction of sp³-hybridized carbons (Fsp3) is 0.250. The molecule has 0 saturated heterocycles. The number of nitro groups is 1. The average molecular weight is 287 g/mol. The van der Waals surface area contributed by atoms with E-state index in [4.69, 9.17) is 9.84 Å². The summed E-state index contributed by atoms with van der Waals surface area (Å²) in [6.07, 6.45) is 0.992. The number of hydrogen-bond acceptors (Lipinski definition) is 4. The maximum absolute atomic E-state index is 10.9. The van der Waals surface area contributed by atoms with E-state index in [1.54, 1.807) is 18.2 Å². The van der Waals surface area contributed by atoms with Crippen molar-refractivity contribution in [3.8, 4) is 5.75 Å². The molecule has 0 saturated carbocycles. The fourth-order valence-electron chi connectivity index (χ4n) is 2.14. The van der Waals surface area contributed by atoms with Gasteiger partial charge in [-0.15, -0.1) is 0 Å². The first-order chi connectivity index (χ1) is 10.2. The van der Waals surface area contributed by atoms with Gasteiger partial charge < -0.3 is 9.84 Å². The van der Waals surface area contributed by atoms with Gasteiger partial charge in [-0.25, -0.2) is 0 Å². The predicted molar refractivity (Wildman–Crippen MR) is 79.5 cm³/mol. The van der Waals surface area contributed by atoms with Gasteiger partial charge >= 0.3 is 0 Å². The van der Waals surface area contributed by atoms with Crippen LogP contribution in [0.3, 0.4) is 0 Å². The van der Waals surface area contributed by atoms with Crippen molar-refractivity contribution in [1.29, 1.82) is 0 Å². The third-order valence-electron chi connectivity index (χ3n) is 3.17. The lowest BCUT2D eigenvalue weighted by Crippen LogP contribution is -2.06. The minimum absolute atomic E-state index is 0.0600. The van der Waals surface area contributed by atoms with Crippen LogP contribution in [0, 0.1) is 10.1 Å². The lowest BCUT2D eigenvalue weighted by molar-refractivity contribution is -0.385. The van der Waals surface area contributed by atoms with E-state index < -0.39 is 0 Å². The van der Waals surface area contributed by atoms with E-state index >= 15 is 0 Å². The van der Waals surface area contributed by atoms with Gasteiger partial charge in [0.1, 0.15) is 5.75 Å². The number of benzene rings is 2. The smallest absolute Gasteiger partial charge is 0.272 e. The number of nitro benzene ring substituents is 1. The number of hydrogen-bond donors (Lipinski definition) is 1. The zero-order valence-electron chi connectivity index (χ0n) is 11.6. The highest BCUT2D eigenvalue weighted by molar-refractivity contribution is 5.40. The highest BCUT2D eigenvalue weighted by Crippen LogP contribution is 2.21. The topological polar surface area (TPSA) is 72.6 Å². The lowest BCUT2D eigenvalue weighted by atomic mass is 10.1. The molecule has 0 aliphatic carbocycles. The Morgan fingerprint density at radius 2 is 1.67 bits per heavy atom. The molecule has 21 heavy (non-hydrogen) atoms. The Morgan fingerprint density at radius 3 is 2.38 bits per heavy atom. The molecule has 2 rings (SSSR count). The van der Waals surface area contributed by atoms with Crippen molar-refractivity contribution >= 4 is 5.69 Å². The molecule has 0 unspecified atom stereocenters. The summed E-state index contributed by atoms with van der Waals surface area (Å²) < 4.78 is 5.69. The first kappa shape index (κ1) is 15.0. The van der Waals surface area contributed by atoms with Crippen molar-refractivity contribution in [2.45, 2.75) is 12.8 Å². The summed E-state index contributed by atoms with van der Waals surface area (Å²) in [5.41, 5.74) is 1.70. The molecular formula is C16H17NO4. The first-order valence-corrected chi connectivity index (χ1v) is 6.76. The molecule has 0 spiro atoms. The molecule has 2 aromatic rings. The fourth-order valence-corrected chi connectivity index (χ4v) is 2.14. The van der Waals surface area contributed by atoms with Gasteiger partial charge in [-0.3, -0.25) is 10.1 Å². The van der Waals surface area contributed by atoms with E-state index in [0.717, 1.165) is 5.56 Å². The van der Waals surface area contributed by atoms with Gasteiger partial charge in [0.15, 0.2) is 0 Å². The summed E-state index contributed by atoms with van der Waals surface area (Å²) in [4.78, 5) is 10.6. The van der Waals surface area contributed by atoms with Crippen LogP contribution in [0.25, 0.3) is 0 Å². The van der Waals surface area contributed by atoms with E-state index in [2.05, 4.69) is 0 Å². The Morgan fingerprint density at radius 1 is 1.00 bits per heavy atom. The Labute approximate surface area is 123 Å². The molecule has 0 aliphatic heterocycles. The molecule has 0 aliphatic rings. The molecule has 0 bridgehead atoms. The third kappa shape index (κ3) is 4.03. The summed E-state index contributed by atoms with van der Waals surface area (Å²) in [5.74, 6) is 0.713. The third-order valence-corrected chi connectivity index (χ3v) is 3.17. The number of ether oxygens (including phenoxy) is 1. The summed E-state index contributed by atoms with van der Waals surface area (Å²) in [7, 11) is 0. The molecule has 0 atom stereocenters. The van der Waals surface area contributed by atoms with E-state index in [0.29, 0.717) is 30.8 Å². The summed E-state index contributed by atoms with van der Waals surface area (Å²) in [6, 6.07) is 14.2. The average Bonchev–Trinajstić information content (AvgIpc) is 2.49. The van der Waals surface area contributed by atoms with Crippen LogP contribution in [0.2, 0.25) is 0 Å². The Kier molecular flexibility index (Phi) is 5.29. The molecule has 0 amide bonds. The first-order valence-electron chi connectivity index (χ1n) is 6.76. The molecule has 0 fully saturated rings. The van der Waals surface area contributed by atoms with Crippen LogP contribution >= 0.6 is 0 Å². The Hall–Kier alpha value is -2.40. The van der Waals surface area contributed by atoms with E-state index in [-0.39, 0.29) is 17.2 Å². The van der Waals surface area contributed by atoms with Crippen molar-refractivity contribution < 1.29 is 14.8 Å². The highest BCUT2D eigenvalue weighted by Gasteiger charge is 2.12. The number of para-hydroxylation sites is 2. The number of aliphatic hydroxyl groups is 1. The largest absolute Gasteiger partial charge is 0.493 e. The van der Waals surface area contributed by atoms with Gasteiger partial charge in [-0.2, -0.15) is 0 Å². The van der Waals surface area contributed by atoms with Gasteiger partial charge in [0, 0.05) is 24.7 Å². The number of rotatable bonds is 7. The maximum atomic E-state index is 10.9. The quantitative estimate of drug-likeness (QED) is 0.627. The van der Waals surface area contributed by atoms with Crippen LogP contribution in [0.15, 0.2) is 48.5 Å². The van der Waals surface area contributed by atoms with Crippen molar-refractivity contribution in [2.24, 2.45) is 0 Å². The van der Waals surface area contributed by atoms with Crippen molar-refractivity contribution in [2.75, 3.05) is 13.2 Å². The van der Waals surface area contributed by atoms with Crippen LogP contribution < -0.4 is 4.74 Å². The molecule has 2 aromatic carbocycles. The minimum Gasteiger partial charge on any atom is -0.493 e. The number of nitrogens with zero attached hydrogens (tertiary/aromatic N) is 1. The molecule has 110 valence electrons. The minimum atomic E-state index is -0.380. The zero-order valence-corrected chi connectivity index (χ0v) is 11.6. The maximum Gasteiger partial charge on any atom is 0.272 e. The van der Waals surface area contributed by atoms with E-state index in [1.165, 1.54) is 6.07 Å². The molecular weight excluding hydrogens is 270 g/mol.